The Morgan fingerprint density at radius 2 is 2.00 bits per heavy atom. The minimum atomic E-state index is -4.09. The van der Waals surface area contributed by atoms with Crippen molar-refractivity contribution in [2.24, 2.45) is 0 Å². The van der Waals surface area contributed by atoms with Gasteiger partial charge in [0.05, 0.1) is 17.1 Å². The molecular weight excluding hydrogens is 288 g/mol. The first-order chi connectivity index (χ1) is 9.27. The molecule has 0 aromatic heterocycles. The zero-order valence-electron chi connectivity index (χ0n) is 10.8. The van der Waals surface area contributed by atoms with Gasteiger partial charge in [-0.3, -0.25) is 0 Å². The molecule has 9 heteroatoms. The van der Waals surface area contributed by atoms with Crippen LogP contribution in [-0.2, 0) is 14.8 Å². The highest BCUT2D eigenvalue weighted by atomic mass is 32.2. The average Bonchev–Trinajstić information content (AvgIpc) is 2.37. The summed E-state index contributed by atoms with van der Waals surface area (Å²) >= 11 is 0. The van der Waals surface area contributed by atoms with Crippen molar-refractivity contribution in [2.75, 3.05) is 6.61 Å². The van der Waals surface area contributed by atoms with Gasteiger partial charge in [-0.2, -0.15) is 0 Å². The Hall–Kier alpha value is -2.13. The van der Waals surface area contributed by atoms with E-state index in [1.54, 1.807) is 6.92 Å². The van der Waals surface area contributed by atoms with Crippen LogP contribution in [0.15, 0.2) is 23.1 Å². The molecule has 0 radical (unpaired) electrons. The maximum atomic E-state index is 12.0. The van der Waals surface area contributed by atoms with Gasteiger partial charge in [-0.25, -0.2) is 23.4 Å². The molecule has 0 aliphatic carbocycles. The molecule has 20 heavy (non-hydrogen) atoms. The molecular formula is C11H14N2O6S. The minimum absolute atomic E-state index is 0.0844. The Balaban J connectivity index is 3.00. The van der Waals surface area contributed by atoms with Gasteiger partial charge in [0.15, 0.2) is 0 Å². The summed E-state index contributed by atoms with van der Waals surface area (Å²) in [7, 11) is -4.09. The lowest BCUT2D eigenvalue weighted by atomic mass is 10.1. The summed E-state index contributed by atoms with van der Waals surface area (Å²) in [6, 6.07) is 3.66. The minimum Gasteiger partial charge on any atom is -0.478 e. The molecule has 3 N–H and O–H groups in total. The Morgan fingerprint density at radius 1 is 1.35 bits per heavy atom. The van der Waals surface area contributed by atoms with Gasteiger partial charge in [0.2, 0.25) is 0 Å². The number of ether oxygens (including phenoxy) is 1. The van der Waals surface area contributed by atoms with E-state index in [-0.39, 0.29) is 17.1 Å². The lowest BCUT2D eigenvalue weighted by molar-refractivity contribution is 0.0696. The van der Waals surface area contributed by atoms with Crippen molar-refractivity contribution >= 4 is 22.1 Å². The average molecular weight is 302 g/mol. The Kier molecular flexibility index (Phi) is 5.06. The van der Waals surface area contributed by atoms with Crippen LogP contribution in [0.2, 0.25) is 0 Å². The number of carboxylic acids is 1. The van der Waals surface area contributed by atoms with Gasteiger partial charge in [-0.15, -0.1) is 4.83 Å². The molecule has 1 aromatic rings. The van der Waals surface area contributed by atoms with Crippen molar-refractivity contribution in [1.29, 1.82) is 0 Å². The topological polar surface area (TPSA) is 122 Å². The molecule has 0 unspecified atom stereocenters. The molecule has 0 aliphatic heterocycles. The largest absolute Gasteiger partial charge is 0.478 e. The number of aromatic carboxylic acids is 1. The summed E-state index contributed by atoms with van der Waals surface area (Å²) in [5.74, 6) is -1.25. The smallest absolute Gasteiger partial charge is 0.422 e. The van der Waals surface area contributed by atoms with Crippen LogP contribution >= 0.6 is 0 Å². The van der Waals surface area contributed by atoms with Crippen LogP contribution in [0.3, 0.4) is 0 Å². The number of sulfonamides is 1. The van der Waals surface area contributed by atoms with Crippen molar-refractivity contribution in [3.05, 3.63) is 29.3 Å². The first-order valence-electron chi connectivity index (χ1n) is 5.56. The third-order valence-electron chi connectivity index (χ3n) is 2.29. The molecule has 0 heterocycles. The SMILES string of the molecule is CCOC(=O)NNS(=O)(=O)c1cc(C(=O)O)ccc1C. The summed E-state index contributed by atoms with van der Waals surface area (Å²) < 4.78 is 28.4. The predicted molar refractivity (Wildman–Crippen MR) is 68.6 cm³/mol. The standard InChI is InChI=1S/C11H14N2O6S/c1-3-19-11(16)12-13-20(17,18)9-6-8(10(14)15)5-4-7(9)2/h4-6,13H,3H2,1-2H3,(H,12,16)(H,14,15). The first kappa shape index (κ1) is 15.9. The molecule has 0 spiro atoms. The van der Waals surface area contributed by atoms with E-state index in [0.29, 0.717) is 5.56 Å². The molecule has 0 saturated heterocycles. The van der Waals surface area contributed by atoms with E-state index >= 15 is 0 Å². The van der Waals surface area contributed by atoms with Crippen molar-refractivity contribution in [3.63, 3.8) is 0 Å². The number of carbonyl (C=O) groups is 2. The molecule has 0 saturated carbocycles. The van der Waals surface area contributed by atoms with Crippen LogP contribution in [0.25, 0.3) is 0 Å². The second-order valence-corrected chi connectivity index (χ2v) is 5.39. The van der Waals surface area contributed by atoms with Crippen LogP contribution in [0.5, 0.6) is 0 Å². The van der Waals surface area contributed by atoms with Crippen molar-refractivity contribution in [2.45, 2.75) is 18.7 Å². The van der Waals surface area contributed by atoms with Gasteiger partial charge in [0, 0.05) is 0 Å². The number of carbonyl (C=O) groups excluding carboxylic acids is 1. The second-order valence-electron chi connectivity index (χ2n) is 3.74. The fourth-order valence-corrected chi connectivity index (χ4v) is 2.46. The zero-order valence-corrected chi connectivity index (χ0v) is 11.7. The lowest BCUT2D eigenvalue weighted by Crippen LogP contribution is -2.42. The van der Waals surface area contributed by atoms with Crippen LogP contribution < -0.4 is 10.3 Å². The van der Waals surface area contributed by atoms with Crippen LogP contribution in [0.4, 0.5) is 4.79 Å². The molecule has 0 atom stereocenters. The van der Waals surface area contributed by atoms with Crippen molar-refractivity contribution in [3.8, 4) is 0 Å². The molecule has 110 valence electrons. The van der Waals surface area contributed by atoms with Gasteiger partial charge in [0.25, 0.3) is 10.0 Å². The maximum Gasteiger partial charge on any atom is 0.422 e. The number of carboxylic acid groups (broad SMARTS) is 1. The fourth-order valence-electron chi connectivity index (χ4n) is 1.35. The monoisotopic (exact) mass is 302 g/mol. The van der Waals surface area contributed by atoms with E-state index in [9.17, 15) is 18.0 Å². The van der Waals surface area contributed by atoms with E-state index in [2.05, 4.69) is 4.74 Å². The van der Waals surface area contributed by atoms with E-state index in [0.717, 1.165) is 6.07 Å². The zero-order chi connectivity index (χ0) is 15.3. The third kappa shape index (κ3) is 3.93. The quantitative estimate of drug-likeness (QED) is 0.686. The number of rotatable bonds is 5. The molecule has 1 amide bonds. The number of amides is 1. The number of nitrogens with one attached hydrogen (secondary N) is 2. The van der Waals surface area contributed by atoms with Gasteiger partial charge in [-0.1, -0.05) is 6.07 Å². The highest BCUT2D eigenvalue weighted by molar-refractivity contribution is 7.89. The predicted octanol–water partition coefficient (Wildman–Crippen LogP) is 0.633. The Bertz CT molecular complexity index is 626. The van der Waals surface area contributed by atoms with E-state index in [1.165, 1.54) is 19.1 Å². The molecule has 0 bridgehead atoms. The molecule has 1 aromatic carbocycles. The third-order valence-corrected chi connectivity index (χ3v) is 3.68. The van der Waals surface area contributed by atoms with E-state index in [1.807, 2.05) is 10.3 Å². The summed E-state index contributed by atoms with van der Waals surface area (Å²) in [4.78, 5) is 23.4. The van der Waals surface area contributed by atoms with Gasteiger partial charge in [0.1, 0.15) is 0 Å². The summed E-state index contributed by atoms with van der Waals surface area (Å²) in [6.07, 6.45) is -0.955. The van der Waals surface area contributed by atoms with Gasteiger partial charge in [-0.05, 0) is 31.5 Å². The Morgan fingerprint density at radius 3 is 2.55 bits per heavy atom. The highest BCUT2D eigenvalue weighted by Gasteiger charge is 2.19. The number of hydrogen-bond donors (Lipinski definition) is 3. The van der Waals surface area contributed by atoms with Gasteiger partial charge >= 0.3 is 12.1 Å². The van der Waals surface area contributed by atoms with Crippen molar-refractivity contribution < 1.29 is 27.9 Å². The number of hydrazine groups is 1. The van der Waals surface area contributed by atoms with Crippen LogP contribution in [-0.4, -0.2) is 32.2 Å². The lowest BCUT2D eigenvalue weighted by Gasteiger charge is -2.10. The molecule has 1 rings (SSSR count). The molecule has 0 aliphatic rings. The number of aryl methyl sites for hydroxylation is 1. The summed E-state index contributed by atoms with van der Waals surface area (Å²) in [5, 5.41) is 8.85. The van der Waals surface area contributed by atoms with E-state index < -0.39 is 22.1 Å². The fraction of sp³-hybridized carbons (Fsp3) is 0.273. The maximum absolute atomic E-state index is 12.0. The normalized spacial score (nSPS) is 10.9. The number of benzene rings is 1. The summed E-state index contributed by atoms with van der Waals surface area (Å²) in [5.41, 5.74) is 2.02. The molecule has 8 nitrogen and oxygen atoms in total. The van der Waals surface area contributed by atoms with E-state index in [4.69, 9.17) is 5.11 Å². The molecule has 0 fully saturated rings. The highest BCUT2D eigenvalue weighted by Crippen LogP contribution is 2.16. The number of hydrogen-bond acceptors (Lipinski definition) is 5. The van der Waals surface area contributed by atoms with Gasteiger partial charge < -0.3 is 9.84 Å². The van der Waals surface area contributed by atoms with Crippen molar-refractivity contribution in [1.82, 2.24) is 10.3 Å². The Labute approximate surface area is 115 Å². The first-order valence-corrected chi connectivity index (χ1v) is 7.04. The van der Waals surface area contributed by atoms with Crippen LogP contribution in [0.1, 0.15) is 22.8 Å². The second kappa shape index (κ2) is 6.35. The van der Waals surface area contributed by atoms with Crippen LogP contribution in [0, 0.1) is 6.92 Å². The summed E-state index contributed by atoms with van der Waals surface area (Å²) in [6.45, 7) is 3.15.